The van der Waals surface area contributed by atoms with Gasteiger partial charge >= 0.3 is 6.09 Å². The normalized spacial score (nSPS) is 17.7. The fraction of sp³-hybridized carbons (Fsp3) is 0.667. The van der Waals surface area contributed by atoms with Crippen LogP contribution in [0.4, 0.5) is 4.79 Å². The van der Waals surface area contributed by atoms with Crippen molar-refractivity contribution in [3.63, 3.8) is 0 Å². The van der Waals surface area contributed by atoms with Gasteiger partial charge in [-0.1, -0.05) is 15.9 Å². The van der Waals surface area contributed by atoms with E-state index >= 15 is 0 Å². The minimum Gasteiger partial charge on any atom is -0.465 e. The third kappa shape index (κ3) is 1.71. The number of hydrogen-bond acceptors (Lipinski definition) is 2. The first kappa shape index (κ1) is 8.52. The molecule has 0 atom stereocenters. The third-order valence-corrected chi connectivity index (χ3v) is 2.29. The van der Waals surface area contributed by atoms with Crippen molar-refractivity contribution in [1.82, 2.24) is 4.90 Å². The lowest BCUT2D eigenvalue weighted by Crippen LogP contribution is -2.52. The van der Waals surface area contributed by atoms with Gasteiger partial charge in [-0.3, -0.25) is 4.79 Å². The Labute approximate surface area is 72.3 Å². The monoisotopic (exact) mass is 221 g/mol. The van der Waals surface area contributed by atoms with E-state index in [1.165, 1.54) is 4.90 Å². The van der Waals surface area contributed by atoms with Gasteiger partial charge in [0.25, 0.3) is 0 Å². The van der Waals surface area contributed by atoms with Crippen LogP contribution in [-0.2, 0) is 4.79 Å². The predicted molar refractivity (Wildman–Crippen MR) is 41.9 cm³/mol. The zero-order valence-corrected chi connectivity index (χ0v) is 7.37. The maximum absolute atomic E-state index is 10.9. The van der Waals surface area contributed by atoms with Crippen molar-refractivity contribution in [2.75, 3.05) is 18.4 Å². The van der Waals surface area contributed by atoms with Gasteiger partial charge in [-0.05, 0) is 0 Å². The Kier molecular flexibility index (Phi) is 2.49. The molecule has 0 unspecified atom stereocenters. The van der Waals surface area contributed by atoms with Crippen LogP contribution in [0, 0.1) is 5.92 Å². The first-order valence-corrected chi connectivity index (χ1v) is 4.34. The number of halogens is 1. The van der Waals surface area contributed by atoms with Crippen molar-refractivity contribution < 1.29 is 14.7 Å². The number of rotatable bonds is 2. The van der Waals surface area contributed by atoms with E-state index in [-0.39, 0.29) is 11.7 Å². The van der Waals surface area contributed by atoms with Crippen molar-refractivity contribution in [2.45, 2.75) is 0 Å². The number of alkyl halides is 1. The number of carbonyl (C=O) groups excluding carboxylic acids is 1. The van der Waals surface area contributed by atoms with E-state index in [4.69, 9.17) is 5.11 Å². The van der Waals surface area contributed by atoms with E-state index in [0.29, 0.717) is 18.4 Å². The largest absolute Gasteiger partial charge is 0.465 e. The number of hydrogen-bond donors (Lipinski definition) is 1. The van der Waals surface area contributed by atoms with Gasteiger partial charge in [0.05, 0.1) is 11.2 Å². The van der Waals surface area contributed by atoms with Gasteiger partial charge in [0.2, 0.25) is 0 Å². The predicted octanol–water partition coefficient (Wildman–Crippen LogP) is 0.560. The molecule has 62 valence electrons. The number of ketones is 1. The molecule has 5 heteroatoms. The Balaban J connectivity index is 2.29. The van der Waals surface area contributed by atoms with E-state index in [1.54, 1.807) is 0 Å². The van der Waals surface area contributed by atoms with Crippen molar-refractivity contribution in [3.8, 4) is 0 Å². The van der Waals surface area contributed by atoms with Crippen molar-refractivity contribution >= 4 is 27.8 Å². The summed E-state index contributed by atoms with van der Waals surface area (Å²) in [6.45, 7) is 0.722. The molecule has 4 nitrogen and oxygen atoms in total. The highest BCUT2D eigenvalue weighted by Gasteiger charge is 2.34. The molecule has 1 rings (SSSR count). The van der Waals surface area contributed by atoms with Crippen LogP contribution >= 0.6 is 15.9 Å². The van der Waals surface area contributed by atoms with E-state index in [2.05, 4.69) is 15.9 Å². The van der Waals surface area contributed by atoms with Crippen LogP contribution in [0.1, 0.15) is 0 Å². The minimum absolute atomic E-state index is 0.0783. The summed E-state index contributed by atoms with van der Waals surface area (Å²) in [7, 11) is 0. The summed E-state index contributed by atoms with van der Waals surface area (Å²) in [4.78, 5) is 22.4. The Bertz CT molecular complexity index is 188. The Hall–Kier alpha value is -0.580. The SMILES string of the molecule is O=C(CBr)C1CN(C(=O)O)C1. The molecule has 1 saturated heterocycles. The van der Waals surface area contributed by atoms with E-state index in [0.717, 1.165) is 0 Å². The molecule has 0 spiro atoms. The molecule has 11 heavy (non-hydrogen) atoms. The molecule has 1 fully saturated rings. The number of amides is 1. The second kappa shape index (κ2) is 3.21. The van der Waals surface area contributed by atoms with Gasteiger partial charge in [-0.15, -0.1) is 0 Å². The highest BCUT2D eigenvalue weighted by molar-refractivity contribution is 9.09. The van der Waals surface area contributed by atoms with Gasteiger partial charge in [0, 0.05) is 13.1 Å². The topological polar surface area (TPSA) is 57.6 Å². The molecule has 1 aliphatic heterocycles. The summed E-state index contributed by atoms with van der Waals surface area (Å²) in [5.41, 5.74) is 0. The van der Waals surface area contributed by atoms with Crippen molar-refractivity contribution in [3.05, 3.63) is 0 Å². The molecule has 0 saturated carbocycles. The third-order valence-electron chi connectivity index (χ3n) is 1.74. The maximum atomic E-state index is 10.9. The van der Waals surface area contributed by atoms with Crippen molar-refractivity contribution in [2.24, 2.45) is 5.92 Å². The lowest BCUT2D eigenvalue weighted by Gasteiger charge is -2.35. The number of carbonyl (C=O) groups is 2. The molecule has 0 aromatic carbocycles. The Morgan fingerprint density at radius 1 is 1.55 bits per heavy atom. The molecule has 1 N–H and O–H groups in total. The van der Waals surface area contributed by atoms with E-state index in [9.17, 15) is 9.59 Å². The number of likely N-dealkylation sites (tertiary alicyclic amines) is 1. The van der Waals surface area contributed by atoms with Gasteiger partial charge in [0.1, 0.15) is 5.78 Å². The van der Waals surface area contributed by atoms with E-state index in [1.807, 2.05) is 0 Å². The van der Waals surface area contributed by atoms with Gasteiger partial charge < -0.3 is 10.0 Å². The van der Waals surface area contributed by atoms with Crippen LogP contribution in [0.3, 0.4) is 0 Å². The molecule has 1 heterocycles. The quantitative estimate of drug-likeness (QED) is 0.694. The fourth-order valence-corrected chi connectivity index (χ4v) is 1.41. The molecule has 1 amide bonds. The lowest BCUT2D eigenvalue weighted by molar-refractivity contribution is -0.124. The number of Topliss-reactive ketones (excluding diaryl/α,β-unsaturated/α-hetero) is 1. The molecule has 0 aromatic rings. The number of nitrogens with zero attached hydrogens (tertiary/aromatic N) is 1. The first-order chi connectivity index (χ1) is 5.15. The Morgan fingerprint density at radius 3 is 2.45 bits per heavy atom. The summed E-state index contributed by atoms with van der Waals surface area (Å²) >= 11 is 3.03. The summed E-state index contributed by atoms with van der Waals surface area (Å²) < 4.78 is 0. The fourth-order valence-electron chi connectivity index (χ4n) is 0.948. The minimum atomic E-state index is -0.941. The molecule has 0 aromatic heterocycles. The zero-order valence-electron chi connectivity index (χ0n) is 5.79. The molecule has 1 aliphatic rings. The molecular formula is C6H8BrNO3. The van der Waals surface area contributed by atoms with Crippen LogP contribution in [0.2, 0.25) is 0 Å². The average molecular weight is 222 g/mol. The molecule has 0 radical (unpaired) electrons. The summed E-state index contributed by atoms with van der Waals surface area (Å²) in [5, 5.41) is 8.73. The van der Waals surface area contributed by atoms with Crippen molar-refractivity contribution in [1.29, 1.82) is 0 Å². The van der Waals surface area contributed by atoms with Crippen LogP contribution in [-0.4, -0.2) is 40.3 Å². The summed E-state index contributed by atoms with van der Waals surface area (Å²) in [5.74, 6) is 0.00738. The number of carboxylic acid groups (broad SMARTS) is 1. The second-order valence-electron chi connectivity index (χ2n) is 2.48. The smallest absolute Gasteiger partial charge is 0.407 e. The maximum Gasteiger partial charge on any atom is 0.407 e. The van der Waals surface area contributed by atoms with E-state index < -0.39 is 6.09 Å². The molecule has 0 aliphatic carbocycles. The summed E-state index contributed by atoms with van der Waals surface area (Å²) in [6.07, 6.45) is -0.941. The van der Waals surface area contributed by atoms with Gasteiger partial charge in [-0.25, -0.2) is 4.79 Å². The van der Waals surface area contributed by atoms with Gasteiger partial charge in [-0.2, -0.15) is 0 Å². The van der Waals surface area contributed by atoms with Gasteiger partial charge in [0.15, 0.2) is 0 Å². The second-order valence-corrected chi connectivity index (χ2v) is 3.05. The standard InChI is InChI=1S/C6H8BrNO3/c7-1-5(9)4-2-8(3-4)6(10)11/h4H,1-3H2,(H,10,11). The molecule has 0 bridgehead atoms. The zero-order chi connectivity index (χ0) is 8.43. The van der Waals surface area contributed by atoms with Crippen LogP contribution in [0.15, 0.2) is 0 Å². The lowest BCUT2D eigenvalue weighted by atomic mass is 9.97. The van der Waals surface area contributed by atoms with Crippen LogP contribution in [0.25, 0.3) is 0 Å². The molecular weight excluding hydrogens is 214 g/mol. The Morgan fingerprint density at radius 2 is 2.09 bits per heavy atom. The summed E-state index contributed by atoms with van der Waals surface area (Å²) in [6, 6.07) is 0. The van der Waals surface area contributed by atoms with Crippen LogP contribution in [0.5, 0.6) is 0 Å². The highest BCUT2D eigenvalue weighted by atomic mass is 79.9. The average Bonchev–Trinajstić information content (AvgIpc) is 1.83. The van der Waals surface area contributed by atoms with Crippen LogP contribution < -0.4 is 0 Å². The highest BCUT2D eigenvalue weighted by Crippen LogP contribution is 2.16. The first-order valence-electron chi connectivity index (χ1n) is 3.21.